The molecule has 7 heteroatoms. The van der Waals surface area contributed by atoms with Crippen molar-refractivity contribution in [2.75, 3.05) is 23.8 Å². The Morgan fingerprint density at radius 3 is 3.00 bits per heavy atom. The standard InChI is InChI=1S/C18H16N4O3/c1-2-25-18(24)22-9-8-15(23)14-10-12(11-20-17(14)22)6-7-13-4-3-5-16(19)21-13/h3-5,10-11H,2,8-9H2,1H3,(H2,19,21). The minimum atomic E-state index is -0.508. The summed E-state index contributed by atoms with van der Waals surface area (Å²) in [6.07, 6.45) is 1.23. The number of amides is 1. The summed E-state index contributed by atoms with van der Waals surface area (Å²) in [6.45, 7) is 2.25. The Morgan fingerprint density at radius 2 is 2.24 bits per heavy atom. The molecule has 2 aromatic heterocycles. The number of carbonyl (C=O) groups excluding carboxylic acids is 2. The van der Waals surface area contributed by atoms with E-state index in [0.29, 0.717) is 28.5 Å². The average molecular weight is 336 g/mol. The van der Waals surface area contributed by atoms with E-state index in [1.54, 1.807) is 31.2 Å². The Labute approximate surface area is 144 Å². The zero-order valence-corrected chi connectivity index (χ0v) is 13.7. The van der Waals surface area contributed by atoms with E-state index in [1.807, 2.05) is 0 Å². The number of fused-ring (bicyclic) bond motifs is 1. The lowest BCUT2D eigenvalue weighted by Gasteiger charge is -2.26. The fraction of sp³-hybridized carbons (Fsp3) is 0.222. The Kier molecular flexibility index (Phi) is 4.61. The van der Waals surface area contributed by atoms with Gasteiger partial charge in [0.2, 0.25) is 0 Å². The van der Waals surface area contributed by atoms with Gasteiger partial charge in [0.1, 0.15) is 17.3 Å². The van der Waals surface area contributed by atoms with Crippen LogP contribution in [0.15, 0.2) is 30.5 Å². The molecule has 3 heterocycles. The van der Waals surface area contributed by atoms with Crippen molar-refractivity contribution in [3.05, 3.63) is 47.3 Å². The van der Waals surface area contributed by atoms with Crippen molar-refractivity contribution in [2.24, 2.45) is 0 Å². The number of carbonyl (C=O) groups is 2. The molecule has 7 nitrogen and oxygen atoms in total. The minimum Gasteiger partial charge on any atom is -0.449 e. The van der Waals surface area contributed by atoms with Crippen LogP contribution in [-0.4, -0.2) is 35.0 Å². The maximum atomic E-state index is 12.2. The molecule has 0 bridgehead atoms. The van der Waals surface area contributed by atoms with E-state index in [1.165, 1.54) is 11.1 Å². The fourth-order valence-corrected chi connectivity index (χ4v) is 2.44. The minimum absolute atomic E-state index is 0.0752. The first kappa shape index (κ1) is 16.5. The first-order chi connectivity index (χ1) is 12.1. The van der Waals surface area contributed by atoms with E-state index in [9.17, 15) is 9.59 Å². The molecule has 1 amide bonds. The van der Waals surface area contributed by atoms with Crippen molar-refractivity contribution in [1.82, 2.24) is 9.97 Å². The highest BCUT2D eigenvalue weighted by Crippen LogP contribution is 2.26. The number of nitrogens with zero attached hydrogens (tertiary/aromatic N) is 3. The van der Waals surface area contributed by atoms with E-state index in [-0.39, 0.29) is 25.4 Å². The zero-order chi connectivity index (χ0) is 17.8. The number of pyridine rings is 2. The van der Waals surface area contributed by atoms with Crippen molar-refractivity contribution in [3.8, 4) is 11.8 Å². The molecule has 2 N–H and O–H groups in total. The molecule has 0 aromatic carbocycles. The number of anilines is 2. The lowest BCUT2D eigenvalue weighted by Crippen LogP contribution is -2.38. The SMILES string of the molecule is CCOC(=O)N1CCC(=O)c2cc(C#Cc3cccc(N)n3)cnc21. The van der Waals surface area contributed by atoms with Crippen LogP contribution in [0.1, 0.15) is 35.0 Å². The predicted molar refractivity (Wildman–Crippen MR) is 92.2 cm³/mol. The van der Waals surface area contributed by atoms with Gasteiger partial charge in [-0.1, -0.05) is 12.0 Å². The van der Waals surface area contributed by atoms with Gasteiger partial charge in [0.25, 0.3) is 0 Å². The van der Waals surface area contributed by atoms with Crippen LogP contribution in [0, 0.1) is 11.8 Å². The van der Waals surface area contributed by atoms with Gasteiger partial charge in [-0.3, -0.25) is 9.69 Å². The number of aromatic nitrogens is 2. The summed E-state index contributed by atoms with van der Waals surface area (Å²) >= 11 is 0. The van der Waals surface area contributed by atoms with Gasteiger partial charge >= 0.3 is 6.09 Å². The van der Waals surface area contributed by atoms with E-state index < -0.39 is 6.09 Å². The van der Waals surface area contributed by atoms with Crippen molar-refractivity contribution in [2.45, 2.75) is 13.3 Å². The molecule has 0 saturated heterocycles. The molecule has 0 spiro atoms. The third kappa shape index (κ3) is 3.58. The summed E-state index contributed by atoms with van der Waals surface area (Å²) in [7, 11) is 0. The topological polar surface area (TPSA) is 98.4 Å². The highest BCUT2D eigenvalue weighted by molar-refractivity contribution is 6.06. The molecule has 0 unspecified atom stereocenters. The molecule has 25 heavy (non-hydrogen) atoms. The molecule has 0 atom stereocenters. The highest BCUT2D eigenvalue weighted by atomic mass is 16.6. The Morgan fingerprint density at radius 1 is 1.40 bits per heavy atom. The first-order valence-electron chi connectivity index (χ1n) is 7.80. The van der Waals surface area contributed by atoms with Crippen LogP contribution in [0.2, 0.25) is 0 Å². The highest BCUT2D eigenvalue weighted by Gasteiger charge is 2.29. The number of ether oxygens (including phenoxy) is 1. The van der Waals surface area contributed by atoms with Gasteiger partial charge in [-0.15, -0.1) is 0 Å². The van der Waals surface area contributed by atoms with Crippen LogP contribution in [0.5, 0.6) is 0 Å². The fourth-order valence-electron chi connectivity index (χ4n) is 2.44. The third-order valence-corrected chi connectivity index (χ3v) is 3.58. The quantitative estimate of drug-likeness (QED) is 0.800. The average Bonchev–Trinajstić information content (AvgIpc) is 2.61. The lowest BCUT2D eigenvalue weighted by atomic mass is 10.0. The van der Waals surface area contributed by atoms with E-state index >= 15 is 0 Å². The van der Waals surface area contributed by atoms with Gasteiger partial charge in [0.05, 0.1) is 12.2 Å². The van der Waals surface area contributed by atoms with E-state index in [0.717, 1.165) is 0 Å². The third-order valence-electron chi connectivity index (χ3n) is 3.58. The first-order valence-corrected chi connectivity index (χ1v) is 7.80. The Hall–Kier alpha value is -3.40. The van der Waals surface area contributed by atoms with Gasteiger partial charge in [-0.2, -0.15) is 0 Å². The summed E-state index contributed by atoms with van der Waals surface area (Å²) in [6, 6.07) is 6.81. The number of nitrogen functional groups attached to an aromatic ring is 1. The molecule has 0 radical (unpaired) electrons. The van der Waals surface area contributed by atoms with Gasteiger partial charge in [-0.25, -0.2) is 14.8 Å². The molecular weight excluding hydrogens is 320 g/mol. The number of hydrogen-bond donors (Lipinski definition) is 1. The van der Waals surface area contributed by atoms with Crippen LogP contribution in [0.4, 0.5) is 16.4 Å². The van der Waals surface area contributed by atoms with Gasteiger partial charge < -0.3 is 10.5 Å². The molecular formula is C18H16N4O3. The van der Waals surface area contributed by atoms with Crippen molar-refractivity contribution >= 4 is 23.5 Å². The van der Waals surface area contributed by atoms with E-state index in [4.69, 9.17) is 10.5 Å². The Bertz CT molecular complexity index is 899. The summed E-state index contributed by atoms with van der Waals surface area (Å²) in [4.78, 5) is 33.9. The predicted octanol–water partition coefficient (Wildman–Crippen LogP) is 2.01. The van der Waals surface area contributed by atoms with Crippen molar-refractivity contribution < 1.29 is 14.3 Å². The lowest BCUT2D eigenvalue weighted by molar-refractivity contribution is 0.0978. The second kappa shape index (κ2) is 7.01. The van der Waals surface area contributed by atoms with Crippen LogP contribution in [0.3, 0.4) is 0 Å². The van der Waals surface area contributed by atoms with Gasteiger partial charge in [0.15, 0.2) is 5.78 Å². The molecule has 2 aromatic rings. The van der Waals surface area contributed by atoms with Gasteiger partial charge in [0, 0.05) is 24.7 Å². The molecule has 1 aliphatic heterocycles. The monoisotopic (exact) mass is 336 g/mol. The molecule has 0 fully saturated rings. The normalized spacial score (nSPS) is 12.8. The molecule has 0 aliphatic carbocycles. The van der Waals surface area contributed by atoms with Crippen LogP contribution >= 0.6 is 0 Å². The number of hydrogen-bond acceptors (Lipinski definition) is 6. The maximum Gasteiger partial charge on any atom is 0.415 e. The number of ketones is 1. The molecule has 0 saturated carbocycles. The van der Waals surface area contributed by atoms with Crippen LogP contribution in [-0.2, 0) is 4.74 Å². The molecule has 1 aliphatic rings. The summed E-state index contributed by atoms with van der Waals surface area (Å²) in [5.74, 6) is 6.41. The van der Waals surface area contributed by atoms with Gasteiger partial charge in [-0.05, 0) is 31.0 Å². The summed E-state index contributed by atoms with van der Waals surface area (Å²) < 4.78 is 5.01. The maximum absolute atomic E-state index is 12.2. The Balaban J connectivity index is 1.92. The van der Waals surface area contributed by atoms with Crippen molar-refractivity contribution in [3.63, 3.8) is 0 Å². The van der Waals surface area contributed by atoms with Crippen LogP contribution < -0.4 is 10.6 Å². The second-order valence-corrected chi connectivity index (χ2v) is 5.32. The number of rotatable bonds is 1. The summed E-state index contributed by atoms with van der Waals surface area (Å²) in [5.41, 5.74) is 7.07. The smallest absolute Gasteiger partial charge is 0.415 e. The molecule has 126 valence electrons. The largest absolute Gasteiger partial charge is 0.449 e. The van der Waals surface area contributed by atoms with Crippen LogP contribution in [0.25, 0.3) is 0 Å². The zero-order valence-electron chi connectivity index (χ0n) is 13.7. The molecule has 3 rings (SSSR count). The second-order valence-electron chi connectivity index (χ2n) is 5.32. The van der Waals surface area contributed by atoms with E-state index in [2.05, 4.69) is 21.8 Å². The number of nitrogens with two attached hydrogens (primary N) is 1. The number of Topliss-reactive ketones (excluding diaryl/α,β-unsaturated/α-hetero) is 1. The summed E-state index contributed by atoms with van der Waals surface area (Å²) in [5, 5.41) is 0. The van der Waals surface area contributed by atoms with Crippen molar-refractivity contribution in [1.29, 1.82) is 0 Å².